The van der Waals surface area contributed by atoms with Gasteiger partial charge >= 0.3 is 0 Å². The van der Waals surface area contributed by atoms with Crippen LogP contribution in [0.3, 0.4) is 0 Å². The van der Waals surface area contributed by atoms with Crippen molar-refractivity contribution in [3.8, 4) is 0 Å². The number of thiophene rings is 1. The smallest absolute Gasteiger partial charge is 0.0564 e. The van der Waals surface area contributed by atoms with Gasteiger partial charge in [0.2, 0.25) is 0 Å². The quantitative estimate of drug-likeness (QED) is 0.770. The molecule has 0 aliphatic heterocycles. The number of nitrogens with two attached hydrogens (primary N) is 1. The fourth-order valence-electron chi connectivity index (χ4n) is 2.10. The van der Waals surface area contributed by atoms with E-state index >= 15 is 0 Å². The lowest BCUT2D eigenvalue weighted by Crippen LogP contribution is -2.33. The Kier molecular flexibility index (Phi) is 6.78. The van der Waals surface area contributed by atoms with Gasteiger partial charge in [-0.25, -0.2) is 0 Å². The SMILES string of the molecule is CCCCN(CC)C(CN)c1ccc(CC)s1. The van der Waals surface area contributed by atoms with Crippen molar-refractivity contribution < 1.29 is 0 Å². The van der Waals surface area contributed by atoms with Gasteiger partial charge < -0.3 is 5.73 Å². The zero-order valence-electron chi connectivity index (χ0n) is 11.4. The Hall–Kier alpha value is -0.380. The highest BCUT2D eigenvalue weighted by Gasteiger charge is 2.18. The molecule has 17 heavy (non-hydrogen) atoms. The normalized spacial score (nSPS) is 13.2. The van der Waals surface area contributed by atoms with Gasteiger partial charge in [-0.2, -0.15) is 0 Å². The Bertz CT molecular complexity index is 309. The number of aryl methyl sites for hydroxylation is 1. The van der Waals surface area contributed by atoms with Gasteiger partial charge in [-0.1, -0.05) is 27.2 Å². The molecule has 0 aliphatic rings. The summed E-state index contributed by atoms with van der Waals surface area (Å²) in [5.41, 5.74) is 5.97. The maximum Gasteiger partial charge on any atom is 0.0564 e. The molecule has 0 bridgehead atoms. The van der Waals surface area contributed by atoms with Crippen LogP contribution in [0.25, 0.3) is 0 Å². The molecule has 1 aromatic heterocycles. The van der Waals surface area contributed by atoms with E-state index < -0.39 is 0 Å². The molecule has 0 fully saturated rings. The van der Waals surface area contributed by atoms with Crippen molar-refractivity contribution in [3.05, 3.63) is 21.9 Å². The van der Waals surface area contributed by atoms with Gasteiger partial charge in [0, 0.05) is 16.3 Å². The largest absolute Gasteiger partial charge is 0.329 e. The Morgan fingerprint density at radius 2 is 2.06 bits per heavy atom. The number of likely N-dealkylation sites (N-methyl/N-ethyl adjacent to an activating group) is 1. The van der Waals surface area contributed by atoms with Crippen LogP contribution in [0.15, 0.2) is 12.1 Å². The molecule has 0 aromatic carbocycles. The Labute approximate surface area is 110 Å². The van der Waals surface area contributed by atoms with Crippen molar-refractivity contribution in [2.24, 2.45) is 5.73 Å². The lowest BCUT2D eigenvalue weighted by molar-refractivity contribution is 0.212. The molecule has 2 N–H and O–H groups in total. The number of nitrogens with zero attached hydrogens (tertiary/aromatic N) is 1. The predicted molar refractivity (Wildman–Crippen MR) is 77.6 cm³/mol. The summed E-state index contributed by atoms with van der Waals surface area (Å²) in [6.45, 7) is 9.65. The van der Waals surface area contributed by atoms with Crippen LogP contribution in [0.5, 0.6) is 0 Å². The van der Waals surface area contributed by atoms with Crippen LogP contribution in [0, 0.1) is 0 Å². The third-order valence-electron chi connectivity index (χ3n) is 3.23. The van der Waals surface area contributed by atoms with E-state index in [1.165, 1.54) is 22.6 Å². The van der Waals surface area contributed by atoms with Crippen LogP contribution >= 0.6 is 11.3 Å². The first-order valence-electron chi connectivity index (χ1n) is 6.79. The fourth-order valence-corrected chi connectivity index (χ4v) is 3.20. The molecule has 0 saturated carbocycles. The number of unbranched alkanes of at least 4 members (excludes halogenated alkanes) is 1. The summed E-state index contributed by atoms with van der Waals surface area (Å²) in [7, 11) is 0. The van der Waals surface area contributed by atoms with Gasteiger partial charge in [0.25, 0.3) is 0 Å². The molecular weight excluding hydrogens is 228 g/mol. The standard InChI is InChI=1S/C14H26N2S/c1-4-7-10-16(6-3)13(11-15)14-9-8-12(5-2)17-14/h8-9,13H,4-7,10-11,15H2,1-3H3. The molecule has 1 atom stereocenters. The Morgan fingerprint density at radius 1 is 1.29 bits per heavy atom. The molecule has 0 spiro atoms. The molecule has 0 radical (unpaired) electrons. The molecule has 1 aromatic rings. The van der Waals surface area contributed by atoms with Crippen LogP contribution in [0.1, 0.15) is 49.4 Å². The predicted octanol–water partition coefficient (Wildman–Crippen LogP) is 3.43. The summed E-state index contributed by atoms with van der Waals surface area (Å²) < 4.78 is 0. The average Bonchev–Trinajstić information content (AvgIpc) is 2.82. The number of rotatable bonds is 8. The van der Waals surface area contributed by atoms with E-state index in [0.29, 0.717) is 6.04 Å². The summed E-state index contributed by atoms with van der Waals surface area (Å²) in [6, 6.07) is 4.92. The first-order chi connectivity index (χ1) is 8.26. The second kappa shape index (κ2) is 7.85. The topological polar surface area (TPSA) is 29.3 Å². The Morgan fingerprint density at radius 3 is 2.53 bits per heavy atom. The van der Waals surface area contributed by atoms with Gasteiger partial charge in [0.1, 0.15) is 0 Å². The van der Waals surface area contributed by atoms with Crippen molar-refractivity contribution in [2.75, 3.05) is 19.6 Å². The minimum atomic E-state index is 0.414. The number of hydrogen-bond acceptors (Lipinski definition) is 3. The van der Waals surface area contributed by atoms with E-state index in [1.54, 1.807) is 0 Å². The summed E-state index contributed by atoms with van der Waals surface area (Å²) in [5.74, 6) is 0. The third-order valence-corrected chi connectivity index (χ3v) is 4.56. The van der Waals surface area contributed by atoms with Gasteiger partial charge in [0.15, 0.2) is 0 Å². The van der Waals surface area contributed by atoms with Crippen LogP contribution < -0.4 is 5.73 Å². The van der Waals surface area contributed by atoms with Gasteiger partial charge in [-0.15, -0.1) is 11.3 Å². The molecule has 0 amide bonds. The minimum Gasteiger partial charge on any atom is -0.329 e. The maximum atomic E-state index is 5.97. The van der Waals surface area contributed by atoms with Crippen molar-refractivity contribution in [2.45, 2.75) is 46.1 Å². The van der Waals surface area contributed by atoms with E-state index in [1.807, 2.05) is 11.3 Å². The minimum absolute atomic E-state index is 0.414. The molecule has 3 heteroatoms. The maximum absolute atomic E-state index is 5.97. The molecule has 2 nitrogen and oxygen atoms in total. The van der Waals surface area contributed by atoms with E-state index in [4.69, 9.17) is 5.73 Å². The van der Waals surface area contributed by atoms with Gasteiger partial charge in [-0.05, 0) is 38.1 Å². The van der Waals surface area contributed by atoms with Crippen LogP contribution in [-0.4, -0.2) is 24.5 Å². The zero-order chi connectivity index (χ0) is 12.7. The second-order valence-electron chi connectivity index (χ2n) is 4.39. The fraction of sp³-hybridized carbons (Fsp3) is 0.714. The van der Waals surface area contributed by atoms with Crippen molar-refractivity contribution in [3.63, 3.8) is 0 Å². The molecule has 0 aliphatic carbocycles. The summed E-state index contributed by atoms with van der Waals surface area (Å²) in [4.78, 5) is 5.40. The molecule has 1 rings (SSSR count). The molecule has 1 heterocycles. The van der Waals surface area contributed by atoms with Crippen LogP contribution in [0.4, 0.5) is 0 Å². The summed E-state index contributed by atoms with van der Waals surface area (Å²) in [6.07, 6.45) is 3.64. The summed E-state index contributed by atoms with van der Waals surface area (Å²) in [5, 5.41) is 0. The monoisotopic (exact) mass is 254 g/mol. The zero-order valence-corrected chi connectivity index (χ0v) is 12.2. The lowest BCUT2D eigenvalue weighted by Gasteiger charge is -2.29. The highest BCUT2D eigenvalue weighted by Crippen LogP contribution is 2.27. The van der Waals surface area contributed by atoms with E-state index in [2.05, 4.69) is 37.8 Å². The molecule has 98 valence electrons. The Balaban J connectivity index is 2.73. The second-order valence-corrected chi connectivity index (χ2v) is 5.59. The van der Waals surface area contributed by atoms with Crippen molar-refractivity contribution in [1.82, 2.24) is 4.90 Å². The van der Waals surface area contributed by atoms with Crippen LogP contribution in [-0.2, 0) is 6.42 Å². The van der Waals surface area contributed by atoms with Crippen molar-refractivity contribution >= 4 is 11.3 Å². The molecule has 1 unspecified atom stereocenters. The average molecular weight is 254 g/mol. The van der Waals surface area contributed by atoms with Gasteiger partial charge in [-0.3, -0.25) is 4.90 Å². The lowest BCUT2D eigenvalue weighted by atomic mass is 10.2. The van der Waals surface area contributed by atoms with Gasteiger partial charge in [0.05, 0.1) is 6.04 Å². The van der Waals surface area contributed by atoms with E-state index in [0.717, 1.165) is 26.1 Å². The first-order valence-corrected chi connectivity index (χ1v) is 7.61. The van der Waals surface area contributed by atoms with E-state index in [9.17, 15) is 0 Å². The van der Waals surface area contributed by atoms with Crippen LogP contribution in [0.2, 0.25) is 0 Å². The summed E-state index contributed by atoms with van der Waals surface area (Å²) >= 11 is 1.92. The first kappa shape index (κ1) is 14.7. The molecular formula is C14H26N2S. The number of hydrogen-bond donors (Lipinski definition) is 1. The van der Waals surface area contributed by atoms with E-state index in [-0.39, 0.29) is 0 Å². The highest BCUT2D eigenvalue weighted by atomic mass is 32.1. The highest BCUT2D eigenvalue weighted by molar-refractivity contribution is 7.12. The molecule has 0 saturated heterocycles. The van der Waals surface area contributed by atoms with Crippen molar-refractivity contribution in [1.29, 1.82) is 0 Å². The third kappa shape index (κ3) is 4.09.